The van der Waals surface area contributed by atoms with Gasteiger partial charge in [-0.2, -0.15) is 0 Å². The molecule has 1 aliphatic heterocycles. The van der Waals surface area contributed by atoms with Crippen LogP contribution in [0.2, 0.25) is 0 Å². The Kier molecular flexibility index (Phi) is 8.12. The van der Waals surface area contributed by atoms with Gasteiger partial charge >= 0.3 is 0 Å². The lowest BCUT2D eigenvalue weighted by molar-refractivity contribution is -0.134. The van der Waals surface area contributed by atoms with Gasteiger partial charge in [0.2, 0.25) is 5.91 Å². The first kappa shape index (κ1) is 22.4. The van der Waals surface area contributed by atoms with Crippen LogP contribution in [0.1, 0.15) is 26.3 Å². The maximum Gasteiger partial charge on any atom is 0.242 e. The molecule has 0 bridgehead atoms. The molecule has 0 spiro atoms. The van der Waals surface area contributed by atoms with Crippen LogP contribution in [0.25, 0.3) is 27.5 Å². The summed E-state index contributed by atoms with van der Waals surface area (Å²) < 4.78 is 5.28. The maximum absolute atomic E-state index is 12.2. The van der Waals surface area contributed by atoms with E-state index in [0.29, 0.717) is 32.8 Å². The van der Waals surface area contributed by atoms with Crippen LogP contribution in [0.3, 0.4) is 0 Å². The molecule has 3 aromatic rings. The first-order valence-corrected chi connectivity index (χ1v) is 10.8. The highest BCUT2D eigenvalue weighted by Gasteiger charge is 2.15. The summed E-state index contributed by atoms with van der Waals surface area (Å²) in [5.74, 6) is 0.102. The first-order valence-electron chi connectivity index (χ1n) is 10.8. The van der Waals surface area contributed by atoms with Crippen LogP contribution < -0.4 is 5.32 Å². The zero-order valence-corrected chi connectivity index (χ0v) is 18.5. The second kappa shape index (κ2) is 11.2. The Morgan fingerprint density at radius 2 is 1.81 bits per heavy atom. The van der Waals surface area contributed by atoms with Gasteiger partial charge in [-0.05, 0) is 29.7 Å². The van der Waals surface area contributed by atoms with Crippen molar-refractivity contribution in [1.82, 2.24) is 20.2 Å². The number of rotatable bonds is 5. The van der Waals surface area contributed by atoms with Crippen LogP contribution >= 0.6 is 0 Å². The van der Waals surface area contributed by atoms with Gasteiger partial charge in [0.1, 0.15) is 0 Å². The first-order chi connectivity index (χ1) is 15.2. The van der Waals surface area contributed by atoms with Gasteiger partial charge < -0.3 is 15.0 Å². The smallest absolute Gasteiger partial charge is 0.242 e. The van der Waals surface area contributed by atoms with Gasteiger partial charge in [0.25, 0.3) is 0 Å². The highest BCUT2D eigenvalue weighted by atomic mass is 16.5. The summed E-state index contributed by atoms with van der Waals surface area (Å²) >= 11 is 0. The molecule has 0 radical (unpaired) electrons. The Labute approximate surface area is 184 Å². The summed E-state index contributed by atoms with van der Waals surface area (Å²) in [4.78, 5) is 22.6. The maximum atomic E-state index is 12.2. The predicted molar refractivity (Wildman–Crippen MR) is 125 cm³/mol. The summed E-state index contributed by atoms with van der Waals surface area (Å²) in [5.41, 5.74) is 4.34. The Bertz CT molecular complexity index is 1020. The van der Waals surface area contributed by atoms with Crippen molar-refractivity contribution in [3.8, 4) is 11.1 Å². The molecule has 3 heterocycles. The van der Waals surface area contributed by atoms with Crippen molar-refractivity contribution in [2.75, 3.05) is 32.8 Å². The second-order valence-corrected chi connectivity index (χ2v) is 7.06. The van der Waals surface area contributed by atoms with Crippen molar-refractivity contribution >= 4 is 22.3 Å². The molecule has 0 aliphatic carbocycles. The molecule has 1 amide bonds. The lowest BCUT2D eigenvalue weighted by Crippen LogP contribution is -2.44. The van der Waals surface area contributed by atoms with E-state index in [-0.39, 0.29) is 5.91 Å². The van der Waals surface area contributed by atoms with Gasteiger partial charge in [0.15, 0.2) is 0 Å². The molecule has 2 aromatic heterocycles. The van der Waals surface area contributed by atoms with Gasteiger partial charge in [-0.1, -0.05) is 38.1 Å². The zero-order valence-electron chi connectivity index (χ0n) is 18.5. The van der Waals surface area contributed by atoms with Crippen LogP contribution in [0.5, 0.6) is 0 Å². The van der Waals surface area contributed by atoms with Crippen LogP contribution in [-0.4, -0.2) is 53.6 Å². The Morgan fingerprint density at radius 3 is 2.55 bits per heavy atom. The van der Waals surface area contributed by atoms with Crippen LogP contribution in [0.4, 0.5) is 0 Å². The quantitative estimate of drug-likeness (QED) is 0.675. The van der Waals surface area contributed by atoms with Gasteiger partial charge in [-0.15, -0.1) is 0 Å². The molecule has 6 heteroatoms. The van der Waals surface area contributed by atoms with Gasteiger partial charge in [-0.25, -0.2) is 0 Å². The number of nitrogens with zero attached hydrogens (tertiary/aromatic N) is 3. The number of hydrogen-bond donors (Lipinski definition) is 1. The Hall–Kier alpha value is -3.25. The van der Waals surface area contributed by atoms with E-state index < -0.39 is 0 Å². The number of fused-ring (bicyclic) bond motifs is 1. The normalized spacial score (nSPS) is 14.0. The summed E-state index contributed by atoms with van der Waals surface area (Å²) in [6.45, 7) is 8.91. The molecule has 0 unspecified atom stereocenters. The molecule has 31 heavy (non-hydrogen) atoms. The van der Waals surface area contributed by atoms with E-state index in [9.17, 15) is 4.79 Å². The SMILES string of the molecule is C/C(=C\NCC(=O)N1CCOCC1)c1ccc(-c2cncc3ccncc23)cc1.CC. The molecular formula is C25H30N4O2. The van der Waals surface area contributed by atoms with Crippen LogP contribution in [0, 0.1) is 0 Å². The molecule has 1 N–H and O–H groups in total. The molecule has 1 aliphatic rings. The van der Waals surface area contributed by atoms with Crippen LogP contribution in [0.15, 0.2) is 61.3 Å². The summed E-state index contributed by atoms with van der Waals surface area (Å²) in [5, 5.41) is 5.30. The molecule has 1 aromatic carbocycles. The molecule has 0 saturated carbocycles. The Balaban J connectivity index is 0.00000132. The van der Waals surface area contributed by atoms with E-state index in [0.717, 1.165) is 33.0 Å². The minimum atomic E-state index is 0.102. The van der Waals surface area contributed by atoms with Crippen molar-refractivity contribution in [1.29, 1.82) is 0 Å². The number of carbonyl (C=O) groups excluding carboxylic acids is 1. The molecule has 1 saturated heterocycles. The van der Waals surface area contributed by atoms with E-state index in [1.54, 1.807) is 6.20 Å². The second-order valence-electron chi connectivity index (χ2n) is 7.06. The Morgan fingerprint density at radius 1 is 1.06 bits per heavy atom. The molecular weight excluding hydrogens is 388 g/mol. The fraction of sp³-hybridized carbons (Fsp3) is 0.320. The standard InChI is InChI=1S/C23H24N4O2.C2H6/c1-17(12-25-16-23(28)27-8-10-29-11-9-27)18-2-4-19(5-3-18)21-15-26-13-20-6-7-24-14-22(20)21;1-2/h2-7,12-15,25H,8-11,16H2,1H3;1-2H3/b17-12+;. The van der Waals surface area contributed by atoms with Gasteiger partial charge in [0.05, 0.1) is 19.8 Å². The molecule has 162 valence electrons. The minimum Gasteiger partial charge on any atom is -0.382 e. The lowest BCUT2D eigenvalue weighted by atomic mass is 9.99. The highest BCUT2D eigenvalue weighted by molar-refractivity contribution is 5.95. The van der Waals surface area contributed by atoms with E-state index in [4.69, 9.17) is 4.74 Å². The monoisotopic (exact) mass is 418 g/mol. The molecule has 6 nitrogen and oxygen atoms in total. The lowest BCUT2D eigenvalue weighted by Gasteiger charge is -2.26. The van der Waals surface area contributed by atoms with Crippen molar-refractivity contribution in [3.63, 3.8) is 0 Å². The molecule has 1 fully saturated rings. The number of nitrogens with one attached hydrogen (secondary N) is 1. The number of benzene rings is 1. The zero-order chi connectivity index (χ0) is 22.1. The van der Waals surface area contributed by atoms with E-state index in [2.05, 4.69) is 39.6 Å². The third kappa shape index (κ3) is 5.67. The van der Waals surface area contributed by atoms with Crippen molar-refractivity contribution in [2.45, 2.75) is 20.8 Å². The summed E-state index contributed by atoms with van der Waals surface area (Å²) in [7, 11) is 0. The molecule has 0 atom stereocenters. The fourth-order valence-corrected chi connectivity index (χ4v) is 3.45. The fourth-order valence-electron chi connectivity index (χ4n) is 3.45. The number of ether oxygens (including phenoxy) is 1. The average Bonchev–Trinajstić information content (AvgIpc) is 2.85. The van der Waals surface area contributed by atoms with Gasteiger partial charge in [0, 0.05) is 60.4 Å². The number of allylic oxidation sites excluding steroid dienone is 1. The number of carbonyl (C=O) groups is 1. The largest absolute Gasteiger partial charge is 0.382 e. The number of morpholine rings is 1. The van der Waals surface area contributed by atoms with Gasteiger partial charge in [-0.3, -0.25) is 14.8 Å². The topological polar surface area (TPSA) is 67.4 Å². The number of hydrogen-bond acceptors (Lipinski definition) is 5. The van der Waals surface area contributed by atoms with E-state index in [1.807, 2.05) is 56.5 Å². The number of amides is 1. The van der Waals surface area contributed by atoms with E-state index in [1.165, 1.54) is 0 Å². The number of aromatic nitrogens is 2. The van der Waals surface area contributed by atoms with E-state index >= 15 is 0 Å². The average molecular weight is 419 g/mol. The third-order valence-electron chi connectivity index (χ3n) is 5.15. The summed E-state index contributed by atoms with van der Waals surface area (Å²) in [6, 6.07) is 10.3. The number of pyridine rings is 2. The van der Waals surface area contributed by atoms with Crippen LogP contribution in [-0.2, 0) is 9.53 Å². The predicted octanol–water partition coefficient (Wildman–Crippen LogP) is 4.13. The third-order valence-corrected chi connectivity index (χ3v) is 5.15. The van der Waals surface area contributed by atoms with Crippen molar-refractivity contribution in [3.05, 3.63) is 66.9 Å². The highest BCUT2D eigenvalue weighted by Crippen LogP contribution is 2.28. The van der Waals surface area contributed by atoms with Crippen molar-refractivity contribution < 1.29 is 9.53 Å². The summed E-state index contributed by atoms with van der Waals surface area (Å²) in [6.07, 6.45) is 9.28. The van der Waals surface area contributed by atoms with Crippen molar-refractivity contribution in [2.24, 2.45) is 0 Å². The minimum absolute atomic E-state index is 0.102. The molecule has 4 rings (SSSR count).